The number of carbonyl (C=O) groups excluding carboxylic acids is 2. The predicted octanol–water partition coefficient (Wildman–Crippen LogP) is 4.37. The Labute approximate surface area is 174 Å². The third-order valence-electron chi connectivity index (χ3n) is 9.06. The summed E-state index contributed by atoms with van der Waals surface area (Å²) in [5.41, 5.74) is -0.284. The molecule has 156 valence electrons. The zero-order valence-corrected chi connectivity index (χ0v) is 18.3. The van der Waals surface area contributed by atoms with Gasteiger partial charge in [0.1, 0.15) is 17.7 Å². The van der Waals surface area contributed by atoms with Gasteiger partial charge in [-0.05, 0) is 73.5 Å². The van der Waals surface area contributed by atoms with E-state index in [9.17, 15) is 19.7 Å². The van der Waals surface area contributed by atoms with Crippen molar-refractivity contribution in [1.82, 2.24) is 0 Å². The summed E-state index contributed by atoms with van der Waals surface area (Å²) >= 11 is 3.33. The van der Waals surface area contributed by atoms with Gasteiger partial charge in [-0.1, -0.05) is 29.8 Å². The first-order valence-electron chi connectivity index (χ1n) is 10.6. The van der Waals surface area contributed by atoms with Crippen molar-refractivity contribution >= 4 is 27.5 Å². The average Bonchev–Trinajstić information content (AvgIpc) is 2.97. The van der Waals surface area contributed by atoms with Gasteiger partial charge in [0.2, 0.25) is 0 Å². The zero-order chi connectivity index (χ0) is 20.3. The van der Waals surface area contributed by atoms with Crippen LogP contribution < -0.4 is 0 Å². The topological polar surface area (TPSA) is 86.5 Å². The van der Waals surface area contributed by atoms with Crippen LogP contribution in [0.5, 0.6) is 0 Å². The van der Waals surface area contributed by atoms with Crippen LogP contribution >= 0.6 is 15.9 Å². The monoisotopic (exact) mass is 455 g/mol. The number of Topliss-reactive ketones (excluding diaryl/α,β-unsaturated/α-hetero) is 2. The Morgan fingerprint density at radius 1 is 1.21 bits per heavy atom. The molecule has 0 amide bonds. The minimum Gasteiger partial charge on any atom is -0.311 e. The fourth-order valence-corrected chi connectivity index (χ4v) is 8.26. The molecule has 28 heavy (non-hydrogen) atoms. The highest BCUT2D eigenvalue weighted by atomic mass is 79.9. The molecule has 0 aromatic heterocycles. The second kappa shape index (κ2) is 7.06. The summed E-state index contributed by atoms with van der Waals surface area (Å²) in [6.07, 6.45) is 6.28. The quantitative estimate of drug-likeness (QED) is 0.356. The van der Waals surface area contributed by atoms with E-state index in [0.29, 0.717) is 48.1 Å². The lowest BCUT2D eigenvalue weighted by molar-refractivity contribution is -0.770. The number of fused-ring (bicyclic) bond motifs is 5. The zero-order valence-electron chi connectivity index (χ0n) is 16.7. The maximum atomic E-state index is 13.5. The fraction of sp³-hybridized carbons (Fsp3) is 0.905. The third kappa shape index (κ3) is 2.94. The molecule has 0 bridgehead atoms. The number of hydrogen-bond acceptors (Lipinski definition) is 5. The number of hydrogen-bond donors (Lipinski definition) is 0. The average molecular weight is 456 g/mol. The smallest absolute Gasteiger partial charge is 0.294 e. The molecule has 0 aromatic rings. The molecule has 4 saturated carbocycles. The Balaban J connectivity index is 1.59. The van der Waals surface area contributed by atoms with Gasteiger partial charge in [0.15, 0.2) is 0 Å². The van der Waals surface area contributed by atoms with Gasteiger partial charge in [-0.3, -0.25) is 9.59 Å². The molecular weight excluding hydrogens is 426 g/mol. The molecule has 0 N–H and O–H groups in total. The number of halogens is 1. The van der Waals surface area contributed by atoms with Crippen LogP contribution in [0.2, 0.25) is 0 Å². The van der Waals surface area contributed by atoms with E-state index >= 15 is 0 Å². The lowest BCUT2D eigenvalue weighted by Gasteiger charge is -2.59. The van der Waals surface area contributed by atoms with Gasteiger partial charge in [0.25, 0.3) is 5.09 Å². The Morgan fingerprint density at radius 3 is 2.64 bits per heavy atom. The van der Waals surface area contributed by atoms with E-state index in [1.807, 2.05) is 0 Å². The van der Waals surface area contributed by atoms with Crippen molar-refractivity contribution in [2.45, 2.75) is 71.3 Å². The van der Waals surface area contributed by atoms with Gasteiger partial charge in [-0.15, -0.1) is 10.1 Å². The van der Waals surface area contributed by atoms with E-state index in [1.165, 1.54) is 0 Å². The molecule has 4 fully saturated rings. The minimum atomic E-state index is -0.671. The lowest BCUT2D eigenvalue weighted by Crippen LogP contribution is -2.58. The van der Waals surface area contributed by atoms with E-state index < -0.39 is 5.09 Å². The van der Waals surface area contributed by atoms with Crippen molar-refractivity contribution in [3.63, 3.8) is 0 Å². The van der Waals surface area contributed by atoms with Crippen LogP contribution in [0.15, 0.2) is 0 Å². The number of alkyl halides is 1. The van der Waals surface area contributed by atoms with Gasteiger partial charge in [0, 0.05) is 18.3 Å². The molecule has 0 spiro atoms. The highest BCUT2D eigenvalue weighted by molar-refractivity contribution is 9.09. The molecule has 4 aliphatic rings. The standard InChI is InChI=1S/C21H30BrNO5/c1-20-8-7-13(28-23(26)27)9-12(20)3-4-14-15-5-6-16(18(25)11-22)21(15,2)10-17(24)19(14)20/h12-16,19H,3-11H2,1-2H3/t12-,13+,14-,15-,16+,19+,20-,21-/m0/s1. The first-order chi connectivity index (χ1) is 13.2. The molecule has 4 aliphatic carbocycles. The van der Waals surface area contributed by atoms with Crippen molar-refractivity contribution in [3.05, 3.63) is 10.1 Å². The summed E-state index contributed by atoms with van der Waals surface area (Å²) in [7, 11) is 0. The largest absolute Gasteiger partial charge is 0.311 e. The Morgan fingerprint density at radius 2 is 1.96 bits per heavy atom. The maximum Gasteiger partial charge on any atom is 0.294 e. The van der Waals surface area contributed by atoms with Gasteiger partial charge in [-0.25, -0.2) is 0 Å². The van der Waals surface area contributed by atoms with Crippen molar-refractivity contribution in [2.75, 3.05) is 5.33 Å². The summed E-state index contributed by atoms with van der Waals surface area (Å²) in [5, 5.41) is 10.5. The Kier molecular flexibility index (Phi) is 5.12. The number of carbonyl (C=O) groups is 2. The lowest BCUT2D eigenvalue weighted by atomic mass is 9.44. The molecule has 8 atom stereocenters. The second-order valence-electron chi connectivity index (χ2n) is 10.1. The highest BCUT2D eigenvalue weighted by Crippen LogP contribution is 2.66. The molecule has 0 saturated heterocycles. The molecule has 0 aromatic carbocycles. The van der Waals surface area contributed by atoms with Crippen molar-refractivity contribution in [2.24, 2.45) is 40.4 Å². The molecule has 0 heterocycles. The van der Waals surface area contributed by atoms with E-state index in [0.717, 1.165) is 32.1 Å². The van der Waals surface area contributed by atoms with E-state index in [1.54, 1.807) is 0 Å². The predicted molar refractivity (Wildman–Crippen MR) is 106 cm³/mol. The van der Waals surface area contributed by atoms with Gasteiger partial charge >= 0.3 is 0 Å². The van der Waals surface area contributed by atoms with E-state index in [-0.39, 0.29) is 34.6 Å². The van der Waals surface area contributed by atoms with Gasteiger partial charge in [-0.2, -0.15) is 0 Å². The van der Waals surface area contributed by atoms with Crippen molar-refractivity contribution < 1.29 is 19.5 Å². The number of rotatable bonds is 4. The third-order valence-corrected chi connectivity index (χ3v) is 9.61. The normalized spacial score (nSPS) is 47.6. The van der Waals surface area contributed by atoms with Crippen LogP contribution in [0.25, 0.3) is 0 Å². The molecule has 4 rings (SSSR count). The van der Waals surface area contributed by atoms with Crippen LogP contribution in [0, 0.1) is 50.5 Å². The van der Waals surface area contributed by atoms with Crippen LogP contribution in [-0.2, 0) is 14.4 Å². The maximum absolute atomic E-state index is 13.5. The fourth-order valence-electron chi connectivity index (χ4n) is 7.87. The summed E-state index contributed by atoms with van der Waals surface area (Å²) in [6.45, 7) is 4.42. The summed E-state index contributed by atoms with van der Waals surface area (Å²) in [4.78, 5) is 41.7. The second-order valence-corrected chi connectivity index (χ2v) is 10.7. The van der Waals surface area contributed by atoms with Crippen LogP contribution in [0.1, 0.15) is 65.2 Å². The van der Waals surface area contributed by atoms with Crippen molar-refractivity contribution in [3.8, 4) is 0 Å². The van der Waals surface area contributed by atoms with E-state index in [4.69, 9.17) is 4.84 Å². The Bertz CT molecular complexity index is 698. The molecule has 6 nitrogen and oxygen atoms in total. The minimum absolute atomic E-state index is 0.00321. The molecule has 0 aliphatic heterocycles. The summed E-state index contributed by atoms with van der Waals surface area (Å²) in [5.74, 6) is 1.71. The van der Waals surface area contributed by atoms with Crippen LogP contribution in [0.4, 0.5) is 0 Å². The number of ketones is 2. The summed E-state index contributed by atoms with van der Waals surface area (Å²) < 4.78 is 0. The number of nitrogens with zero attached hydrogens (tertiary/aromatic N) is 1. The van der Waals surface area contributed by atoms with Crippen LogP contribution in [0.3, 0.4) is 0 Å². The highest BCUT2D eigenvalue weighted by Gasteiger charge is 2.64. The first-order valence-corrected chi connectivity index (χ1v) is 11.8. The first kappa shape index (κ1) is 20.3. The molecule has 0 radical (unpaired) electrons. The van der Waals surface area contributed by atoms with Crippen molar-refractivity contribution in [1.29, 1.82) is 0 Å². The van der Waals surface area contributed by atoms with E-state index in [2.05, 4.69) is 29.8 Å². The Hall–Kier alpha value is -0.980. The summed E-state index contributed by atoms with van der Waals surface area (Å²) in [6, 6.07) is 0. The van der Waals surface area contributed by atoms with Gasteiger partial charge < -0.3 is 4.84 Å². The molecule has 7 heteroatoms. The molecule has 0 unspecified atom stereocenters. The SMILES string of the molecule is C[C@]12CC[C@@H](O[N+](=O)[O-])C[C@@H]1CC[C@H]1[C@@H]3CC[C@H](C(=O)CBr)[C@@]3(C)CC(=O)[C@@H]12. The van der Waals surface area contributed by atoms with Gasteiger partial charge in [0.05, 0.1) is 5.33 Å². The van der Waals surface area contributed by atoms with Crippen LogP contribution in [-0.4, -0.2) is 28.1 Å². The molecular formula is C21H30BrNO5.